The van der Waals surface area contributed by atoms with Gasteiger partial charge in [0.05, 0.1) is 0 Å². The van der Waals surface area contributed by atoms with Crippen molar-refractivity contribution in [1.29, 1.82) is 0 Å². The summed E-state index contributed by atoms with van der Waals surface area (Å²) in [7, 11) is 0. The number of hydrogen-bond acceptors (Lipinski definition) is 3. The Labute approximate surface area is 87.6 Å². The van der Waals surface area contributed by atoms with Crippen molar-refractivity contribution in [2.24, 2.45) is 0 Å². The first-order valence-electron chi connectivity index (χ1n) is 4.45. The third-order valence-corrected chi connectivity index (χ3v) is 1.91. The summed E-state index contributed by atoms with van der Waals surface area (Å²) in [6, 6.07) is 1.60. The van der Waals surface area contributed by atoms with Crippen molar-refractivity contribution < 1.29 is 9.32 Å². The van der Waals surface area contributed by atoms with Crippen LogP contribution in [-0.4, -0.2) is 23.0 Å². The van der Waals surface area contributed by atoms with Gasteiger partial charge in [0.15, 0.2) is 5.69 Å². The maximum Gasteiger partial charge on any atom is 0.273 e. The molecule has 0 bridgehead atoms. The average Bonchev–Trinajstić information content (AvgIpc) is 2.51. The zero-order valence-corrected chi connectivity index (χ0v) is 8.97. The fourth-order valence-electron chi connectivity index (χ4n) is 0.949. The van der Waals surface area contributed by atoms with Gasteiger partial charge in [-0.3, -0.25) is 4.79 Å². The molecule has 5 heteroatoms. The van der Waals surface area contributed by atoms with E-state index in [4.69, 9.17) is 16.1 Å². The molecule has 1 atom stereocenters. The molecule has 1 heterocycles. The number of carbonyl (C=O) groups excluding carboxylic acids is 1. The quantitative estimate of drug-likeness (QED) is 0.780. The molecule has 0 spiro atoms. The molecule has 0 saturated carbocycles. The molecule has 0 saturated heterocycles. The van der Waals surface area contributed by atoms with Crippen molar-refractivity contribution >= 4 is 17.5 Å². The van der Waals surface area contributed by atoms with Crippen LogP contribution >= 0.6 is 11.6 Å². The monoisotopic (exact) mass is 216 g/mol. The number of carbonyl (C=O) groups is 1. The molecule has 0 radical (unpaired) electrons. The maximum atomic E-state index is 11.4. The highest BCUT2D eigenvalue weighted by Crippen LogP contribution is 2.02. The molecular formula is C9H13ClN2O2. The standard InChI is InChI=1S/C9H13ClN2O2/c1-6(10)3-4-11-9(13)8-5-7(2)14-12-8/h5-6H,3-4H2,1-2H3,(H,11,13). The van der Waals surface area contributed by atoms with Crippen LogP contribution < -0.4 is 5.32 Å². The lowest BCUT2D eigenvalue weighted by Gasteiger charge is -2.03. The van der Waals surface area contributed by atoms with Crippen LogP contribution in [0, 0.1) is 6.92 Å². The molecular weight excluding hydrogens is 204 g/mol. The zero-order chi connectivity index (χ0) is 10.6. The molecule has 0 aliphatic carbocycles. The first-order chi connectivity index (χ1) is 6.59. The van der Waals surface area contributed by atoms with Crippen molar-refractivity contribution in [3.63, 3.8) is 0 Å². The van der Waals surface area contributed by atoms with Gasteiger partial charge in [0.2, 0.25) is 0 Å². The molecule has 0 aromatic carbocycles. The van der Waals surface area contributed by atoms with E-state index in [1.807, 2.05) is 6.92 Å². The van der Waals surface area contributed by atoms with Gasteiger partial charge in [-0.15, -0.1) is 11.6 Å². The Morgan fingerprint density at radius 2 is 2.50 bits per heavy atom. The molecule has 1 amide bonds. The van der Waals surface area contributed by atoms with Crippen molar-refractivity contribution in [3.8, 4) is 0 Å². The minimum absolute atomic E-state index is 0.0642. The molecule has 1 rings (SSSR count). The lowest BCUT2D eigenvalue weighted by atomic mass is 10.3. The van der Waals surface area contributed by atoms with Gasteiger partial charge < -0.3 is 9.84 Å². The number of aromatic nitrogens is 1. The second-order valence-corrected chi connectivity index (χ2v) is 3.89. The summed E-state index contributed by atoms with van der Waals surface area (Å²) >= 11 is 5.73. The van der Waals surface area contributed by atoms with Crippen LogP contribution in [0.25, 0.3) is 0 Å². The summed E-state index contributed by atoms with van der Waals surface area (Å²) in [5.74, 6) is 0.403. The van der Waals surface area contributed by atoms with E-state index >= 15 is 0 Å². The van der Waals surface area contributed by atoms with E-state index in [-0.39, 0.29) is 11.3 Å². The minimum atomic E-state index is -0.223. The van der Waals surface area contributed by atoms with Gasteiger partial charge in [-0.05, 0) is 20.3 Å². The van der Waals surface area contributed by atoms with E-state index in [9.17, 15) is 4.79 Å². The topological polar surface area (TPSA) is 55.1 Å². The van der Waals surface area contributed by atoms with Crippen molar-refractivity contribution in [1.82, 2.24) is 10.5 Å². The van der Waals surface area contributed by atoms with E-state index in [0.717, 1.165) is 6.42 Å². The first-order valence-corrected chi connectivity index (χ1v) is 4.89. The molecule has 78 valence electrons. The fourth-order valence-corrected chi connectivity index (χ4v) is 1.06. The number of aryl methyl sites for hydroxylation is 1. The summed E-state index contributed by atoms with van der Waals surface area (Å²) < 4.78 is 4.78. The number of nitrogens with one attached hydrogen (secondary N) is 1. The Kier molecular flexibility index (Phi) is 3.95. The van der Waals surface area contributed by atoms with Crippen LogP contribution in [0.5, 0.6) is 0 Å². The summed E-state index contributed by atoms with van der Waals surface area (Å²) in [5.41, 5.74) is 0.310. The van der Waals surface area contributed by atoms with Crippen LogP contribution in [0.3, 0.4) is 0 Å². The second kappa shape index (κ2) is 5.00. The molecule has 1 N–H and O–H groups in total. The molecule has 1 unspecified atom stereocenters. The van der Waals surface area contributed by atoms with E-state index in [1.54, 1.807) is 13.0 Å². The van der Waals surface area contributed by atoms with E-state index in [2.05, 4.69) is 10.5 Å². The van der Waals surface area contributed by atoms with Crippen LogP contribution in [-0.2, 0) is 0 Å². The number of amides is 1. The van der Waals surface area contributed by atoms with E-state index < -0.39 is 0 Å². The third kappa shape index (κ3) is 3.38. The molecule has 14 heavy (non-hydrogen) atoms. The zero-order valence-electron chi connectivity index (χ0n) is 8.21. The lowest BCUT2D eigenvalue weighted by Crippen LogP contribution is -2.25. The predicted molar refractivity (Wildman–Crippen MR) is 53.5 cm³/mol. The maximum absolute atomic E-state index is 11.4. The van der Waals surface area contributed by atoms with Crippen LogP contribution in [0.4, 0.5) is 0 Å². The highest BCUT2D eigenvalue weighted by Gasteiger charge is 2.09. The normalized spacial score (nSPS) is 12.5. The summed E-state index contributed by atoms with van der Waals surface area (Å²) in [4.78, 5) is 11.4. The van der Waals surface area contributed by atoms with Crippen LogP contribution in [0.2, 0.25) is 0 Å². The molecule has 0 aliphatic heterocycles. The number of nitrogens with zero attached hydrogens (tertiary/aromatic N) is 1. The number of halogens is 1. The largest absolute Gasteiger partial charge is 0.361 e. The lowest BCUT2D eigenvalue weighted by molar-refractivity contribution is 0.0944. The Hall–Kier alpha value is -1.03. The Balaban J connectivity index is 2.36. The smallest absolute Gasteiger partial charge is 0.273 e. The van der Waals surface area contributed by atoms with Crippen LogP contribution in [0.15, 0.2) is 10.6 Å². The highest BCUT2D eigenvalue weighted by molar-refractivity contribution is 6.20. The summed E-state index contributed by atoms with van der Waals surface area (Å²) in [6.45, 7) is 4.17. The highest BCUT2D eigenvalue weighted by atomic mass is 35.5. The summed E-state index contributed by atoms with van der Waals surface area (Å²) in [5, 5.41) is 6.36. The van der Waals surface area contributed by atoms with E-state index in [0.29, 0.717) is 18.0 Å². The predicted octanol–water partition coefficient (Wildman–Crippen LogP) is 1.73. The number of rotatable bonds is 4. The van der Waals surface area contributed by atoms with Crippen molar-refractivity contribution in [2.75, 3.05) is 6.54 Å². The minimum Gasteiger partial charge on any atom is -0.361 e. The van der Waals surface area contributed by atoms with Gasteiger partial charge in [0.1, 0.15) is 5.76 Å². The second-order valence-electron chi connectivity index (χ2n) is 3.15. The van der Waals surface area contributed by atoms with Crippen molar-refractivity contribution in [2.45, 2.75) is 25.6 Å². The Morgan fingerprint density at radius 1 is 1.79 bits per heavy atom. The molecule has 4 nitrogen and oxygen atoms in total. The molecule has 0 aliphatic rings. The van der Waals surface area contributed by atoms with Gasteiger partial charge in [0.25, 0.3) is 5.91 Å². The molecule has 1 aromatic heterocycles. The summed E-state index contributed by atoms with van der Waals surface area (Å²) in [6.07, 6.45) is 0.740. The number of alkyl halides is 1. The van der Waals surface area contributed by atoms with Gasteiger partial charge in [-0.1, -0.05) is 5.16 Å². The number of hydrogen-bond donors (Lipinski definition) is 1. The van der Waals surface area contributed by atoms with Gasteiger partial charge in [-0.25, -0.2) is 0 Å². The van der Waals surface area contributed by atoms with Crippen LogP contribution in [0.1, 0.15) is 29.6 Å². The third-order valence-electron chi connectivity index (χ3n) is 1.69. The van der Waals surface area contributed by atoms with Gasteiger partial charge in [0, 0.05) is 18.0 Å². The average molecular weight is 217 g/mol. The van der Waals surface area contributed by atoms with Gasteiger partial charge in [-0.2, -0.15) is 0 Å². The van der Waals surface area contributed by atoms with Crippen molar-refractivity contribution in [3.05, 3.63) is 17.5 Å². The Bertz CT molecular complexity index is 310. The Morgan fingerprint density at radius 3 is 3.00 bits per heavy atom. The van der Waals surface area contributed by atoms with E-state index in [1.165, 1.54) is 0 Å². The SMILES string of the molecule is Cc1cc(C(=O)NCCC(C)Cl)no1. The molecule has 1 aromatic rings. The fraction of sp³-hybridized carbons (Fsp3) is 0.556. The first kappa shape index (κ1) is 11.0. The van der Waals surface area contributed by atoms with Gasteiger partial charge >= 0.3 is 0 Å². The molecule has 0 fully saturated rings.